The second-order valence-electron chi connectivity index (χ2n) is 2.59. The molecular formula is C8H18N6O4. The summed E-state index contributed by atoms with van der Waals surface area (Å²) in [5.41, 5.74) is 10.5. The van der Waals surface area contributed by atoms with E-state index < -0.39 is 12.6 Å². The molecule has 1 rings (SSSR count). The van der Waals surface area contributed by atoms with Gasteiger partial charge in [0.15, 0.2) is 0 Å². The van der Waals surface area contributed by atoms with Gasteiger partial charge in [0, 0.05) is 21.3 Å². The van der Waals surface area contributed by atoms with Crippen molar-refractivity contribution in [2.45, 2.75) is 0 Å². The monoisotopic (exact) mass is 262 g/mol. The smallest absolute Gasteiger partial charge is 0.329 e. The molecule has 0 spiro atoms. The molecule has 10 nitrogen and oxygen atoms in total. The molecule has 0 bridgehead atoms. The third kappa shape index (κ3) is 11.9. The molecule has 18 heavy (non-hydrogen) atoms. The fourth-order valence-corrected chi connectivity index (χ4v) is 0.521. The van der Waals surface area contributed by atoms with E-state index in [0.29, 0.717) is 5.95 Å². The zero-order valence-corrected chi connectivity index (χ0v) is 10.4. The summed E-state index contributed by atoms with van der Waals surface area (Å²) in [4.78, 5) is 20.1. The van der Waals surface area contributed by atoms with E-state index in [1.807, 2.05) is 0 Å². The van der Waals surface area contributed by atoms with Gasteiger partial charge in [-0.25, -0.2) is 4.79 Å². The van der Waals surface area contributed by atoms with Gasteiger partial charge in [-0.3, -0.25) is 0 Å². The molecule has 0 unspecified atom stereocenters. The van der Waals surface area contributed by atoms with Gasteiger partial charge in [0.25, 0.3) is 0 Å². The van der Waals surface area contributed by atoms with E-state index in [1.165, 1.54) is 0 Å². The predicted octanol–water partition coefficient (Wildman–Crippen LogP) is -1.60. The molecule has 0 aromatic carbocycles. The van der Waals surface area contributed by atoms with Gasteiger partial charge in [-0.05, 0) is 0 Å². The van der Waals surface area contributed by atoms with Crippen LogP contribution in [0.15, 0.2) is 0 Å². The first-order chi connectivity index (χ1) is 8.40. The number of carboxylic acid groups (broad SMARTS) is 1. The maximum Gasteiger partial charge on any atom is 0.329 e. The molecule has 0 radical (unpaired) electrons. The van der Waals surface area contributed by atoms with Gasteiger partial charge in [-0.2, -0.15) is 15.0 Å². The minimum absolute atomic E-state index is 0.122. The second-order valence-corrected chi connectivity index (χ2v) is 2.59. The fraction of sp³-hybridized carbons (Fsp3) is 0.500. The van der Waals surface area contributed by atoms with Crippen LogP contribution in [0.2, 0.25) is 0 Å². The number of nitrogens with zero attached hydrogens (tertiary/aromatic N) is 3. The number of hydrogen-bond donors (Lipinski definition) is 5. The quantitative estimate of drug-likeness (QED) is 0.418. The van der Waals surface area contributed by atoms with Crippen LogP contribution in [0.5, 0.6) is 0 Å². The molecule has 7 N–H and O–H groups in total. The van der Waals surface area contributed by atoms with E-state index in [0.717, 1.165) is 0 Å². The Morgan fingerprint density at radius 1 is 1.28 bits per heavy atom. The molecule has 104 valence electrons. The van der Waals surface area contributed by atoms with Crippen molar-refractivity contribution in [2.24, 2.45) is 0 Å². The van der Waals surface area contributed by atoms with Crippen molar-refractivity contribution >= 4 is 23.8 Å². The van der Waals surface area contributed by atoms with Gasteiger partial charge in [0.1, 0.15) is 6.61 Å². The highest BCUT2D eigenvalue weighted by Gasteiger charge is 1.96. The number of anilines is 3. The van der Waals surface area contributed by atoms with E-state index in [2.05, 4.69) is 25.0 Å². The fourth-order valence-electron chi connectivity index (χ4n) is 0.521. The van der Waals surface area contributed by atoms with E-state index >= 15 is 0 Å². The standard InChI is InChI=1S/C4H8N6.C2H4O3.C2H6O/c1-7-4-9-2(5)8-3(6)10-4;3-1-2(4)5;1-3-2/h1H3,(H5,5,6,7,8,9,10);3H,1H2,(H,4,5);1-2H3. The van der Waals surface area contributed by atoms with Gasteiger partial charge in [0.2, 0.25) is 17.8 Å². The molecule has 10 heteroatoms. The van der Waals surface area contributed by atoms with Crippen LogP contribution in [-0.2, 0) is 9.53 Å². The van der Waals surface area contributed by atoms with E-state index in [9.17, 15) is 0 Å². The molecule has 0 atom stereocenters. The molecule has 1 aromatic heterocycles. The van der Waals surface area contributed by atoms with Crippen LogP contribution in [0, 0.1) is 0 Å². The second kappa shape index (κ2) is 11.3. The summed E-state index contributed by atoms with van der Waals surface area (Å²) < 4.78 is 4.25. The van der Waals surface area contributed by atoms with Gasteiger partial charge < -0.3 is 31.7 Å². The highest BCUT2D eigenvalue weighted by Crippen LogP contribution is 2.00. The number of carboxylic acids is 1. The number of rotatable bonds is 2. The van der Waals surface area contributed by atoms with E-state index in [-0.39, 0.29) is 11.9 Å². The van der Waals surface area contributed by atoms with Gasteiger partial charge in [-0.15, -0.1) is 0 Å². The largest absolute Gasteiger partial charge is 0.480 e. The maximum atomic E-state index is 9.12. The average Bonchev–Trinajstić information content (AvgIpc) is 2.29. The number of aliphatic carboxylic acids is 1. The third-order valence-corrected chi connectivity index (χ3v) is 1.03. The number of aliphatic hydroxyl groups is 1. The summed E-state index contributed by atoms with van der Waals surface area (Å²) in [5, 5.41) is 17.7. The summed E-state index contributed by atoms with van der Waals surface area (Å²) in [6.45, 7) is -0.778. The highest BCUT2D eigenvalue weighted by atomic mass is 16.4. The van der Waals surface area contributed by atoms with Crippen molar-refractivity contribution in [1.29, 1.82) is 0 Å². The number of aromatic nitrogens is 3. The van der Waals surface area contributed by atoms with Crippen LogP contribution in [0.4, 0.5) is 17.8 Å². The molecule has 0 aliphatic heterocycles. The number of nitrogen functional groups attached to an aromatic ring is 2. The Bertz CT molecular complexity index is 328. The Labute approximate surface area is 104 Å². The Morgan fingerprint density at radius 2 is 1.61 bits per heavy atom. The van der Waals surface area contributed by atoms with Crippen LogP contribution in [-0.4, -0.2) is 59.0 Å². The Morgan fingerprint density at radius 3 is 1.83 bits per heavy atom. The number of nitrogens with one attached hydrogen (secondary N) is 1. The summed E-state index contributed by atoms with van der Waals surface area (Å²) in [5.74, 6) is -0.566. The van der Waals surface area contributed by atoms with Crippen molar-refractivity contribution in [2.75, 3.05) is 44.7 Å². The minimum Gasteiger partial charge on any atom is -0.480 e. The molecule has 1 aromatic rings. The SMILES string of the molecule is CNc1nc(N)nc(N)n1.COC.O=C(O)CO. The lowest BCUT2D eigenvalue weighted by Gasteiger charge is -1.98. The van der Waals surface area contributed by atoms with Gasteiger partial charge in [-0.1, -0.05) is 0 Å². The maximum absolute atomic E-state index is 9.12. The highest BCUT2D eigenvalue weighted by molar-refractivity contribution is 5.67. The molecule has 0 saturated heterocycles. The van der Waals surface area contributed by atoms with Gasteiger partial charge in [0.05, 0.1) is 0 Å². The van der Waals surface area contributed by atoms with Crippen LogP contribution in [0.3, 0.4) is 0 Å². The summed E-state index contributed by atoms with van der Waals surface area (Å²) in [6, 6.07) is 0. The van der Waals surface area contributed by atoms with Crippen LogP contribution < -0.4 is 16.8 Å². The molecule has 0 amide bonds. The van der Waals surface area contributed by atoms with E-state index in [4.69, 9.17) is 26.5 Å². The lowest BCUT2D eigenvalue weighted by atomic mass is 10.8. The number of carbonyl (C=O) groups is 1. The predicted molar refractivity (Wildman–Crippen MR) is 65.9 cm³/mol. The van der Waals surface area contributed by atoms with E-state index in [1.54, 1.807) is 21.3 Å². The van der Waals surface area contributed by atoms with Crippen molar-refractivity contribution in [3.05, 3.63) is 0 Å². The number of aliphatic hydroxyl groups excluding tert-OH is 1. The number of hydrogen-bond acceptors (Lipinski definition) is 9. The molecular weight excluding hydrogens is 244 g/mol. The Kier molecular flexibility index (Phi) is 11.4. The lowest BCUT2D eigenvalue weighted by Crippen LogP contribution is -2.06. The topological polar surface area (TPSA) is 169 Å². The minimum atomic E-state index is -1.19. The lowest BCUT2D eigenvalue weighted by molar-refractivity contribution is -0.140. The normalized spacial score (nSPS) is 8.22. The molecule has 0 aliphatic carbocycles. The van der Waals surface area contributed by atoms with Crippen molar-refractivity contribution in [1.82, 2.24) is 15.0 Å². The molecule has 0 aliphatic rings. The number of nitrogens with two attached hydrogens (primary N) is 2. The summed E-state index contributed by atoms with van der Waals surface area (Å²) in [6.07, 6.45) is 0. The zero-order valence-electron chi connectivity index (χ0n) is 10.4. The molecule has 1 heterocycles. The van der Waals surface area contributed by atoms with Crippen LogP contribution in [0.25, 0.3) is 0 Å². The Hall–Kier alpha value is -2.20. The summed E-state index contributed by atoms with van der Waals surface area (Å²) >= 11 is 0. The van der Waals surface area contributed by atoms with Crippen molar-refractivity contribution in [3.8, 4) is 0 Å². The van der Waals surface area contributed by atoms with Gasteiger partial charge >= 0.3 is 5.97 Å². The Balaban J connectivity index is 0. The molecule has 0 fully saturated rings. The summed E-state index contributed by atoms with van der Waals surface area (Å²) in [7, 11) is 4.92. The van der Waals surface area contributed by atoms with Crippen molar-refractivity contribution in [3.63, 3.8) is 0 Å². The van der Waals surface area contributed by atoms with Crippen LogP contribution >= 0.6 is 0 Å². The van der Waals surface area contributed by atoms with Crippen molar-refractivity contribution < 1.29 is 19.7 Å². The number of ether oxygens (including phenoxy) is 1. The first-order valence-corrected chi connectivity index (χ1v) is 4.58. The average molecular weight is 262 g/mol. The molecule has 0 saturated carbocycles. The first kappa shape index (κ1) is 18.2. The first-order valence-electron chi connectivity index (χ1n) is 4.58. The zero-order chi connectivity index (χ0) is 14.6. The number of methoxy groups -OCH3 is 1. The van der Waals surface area contributed by atoms with Crippen LogP contribution in [0.1, 0.15) is 0 Å². The third-order valence-electron chi connectivity index (χ3n) is 1.03.